The summed E-state index contributed by atoms with van der Waals surface area (Å²) in [5.41, 5.74) is 0.710. The predicted molar refractivity (Wildman–Crippen MR) is 355 cm³/mol. The molecule has 0 atom stereocenters. The van der Waals surface area contributed by atoms with Crippen LogP contribution in [-0.2, 0) is 9.53 Å². The maximum atomic E-state index is 13.9. The van der Waals surface area contributed by atoms with E-state index in [-0.39, 0.29) is 12.1 Å². The predicted octanol–water partition coefficient (Wildman–Crippen LogP) is 25.1. The number of carbonyl (C=O) groups excluding carboxylic acids is 1. The highest BCUT2D eigenvalue weighted by Crippen LogP contribution is 2.55. The standard InChI is InChI=1S/C75H138O7/c1-6-11-16-21-26-31-36-41-46-54-63-77-71-69(61-62-70(76)82-68-59-52-51-53-60-68)72(78-64-55-47-42-37-32-27-22-17-12-7-2)74(80-66-57-49-44-39-34-29-24-19-14-9-4)75(81-67-58-50-45-40-35-30-25-20-15-10-5)73(71)79-65-56-48-43-38-33-28-23-18-13-8-3/h61-62,68H,6-60,63-67H2,1-5H3. The van der Waals surface area contributed by atoms with Crippen LogP contribution in [0, 0.1) is 0 Å². The molecule has 82 heavy (non-hydrogen) atoms. The fourth-order valence-corrected chi connectivity index (χ4v) is 11.8. The minimum absolute atomic E-state index is 0.0357. The first kappa shape index (κ1) is 75.5. The Labute approximate surface area is 510 Å². The van der Waals surface area contributed by atoms with Crippen molar-refractivity contribution in [1.29, 1.82) is 0 Å². The van der Waals surface area contributed by atoms with Gasteiger partial charge in [-0.3, -0.25) is 0 Å². The van der Waals surface area contributed by atoms with Gasteiger partial charge in [0.15, 0.2) is 11.5 Å². The largest absolute Gasteiger partial charge is 0.489 e. The average molecular weight is 1150 g/mol. The Morgan fingerprint density at radius 2 is 0.500 bits per heavy atom. The fraction of sp³-hybridized carbons (Fsp3) is 0.880. The molecule has 0 bridgehead atoms. The summed E-state index contributed by atoms with van der Waals surface area (Å²) in [6.45, 7) is 14.3. The molecular formula is C75H138O7. The number of carbonyl (C=O) groups is 1. The first-order valence-corrected chi connectivity index (χ1v) is 36.9. The summed E-state index contributed by atoms with van der Waals surface area (Å²) >= 11 is 0. The van der Waals surface area contributed by atoms with Crippen LogP contribution in [0.5, 0.6) is 28.7 Å². The van der Waals surface area contributed by atoms with Gasteiger partial charge in [-0.05, 0) is 63.9 Å². The van der Waals surface area contributed by atoms with Gasteiger partial charge in [-0.1, -0.05) is 330 Å². The van der Waals surface area contributed by atoms with Gasteiger partial charge in [-0.15, -0.1) is 0 Å². The SMILES string of the molecule is CCCCCCCCCCCCOc1c(C=CC(=O)OC2CCCCC2)c(OCCCCCCCCCCCC)c(OCCCCCCCCCCCC)c(OCCCCCCCCCCCC)c1OCCCCCCCCCCCC. The first-order chi connectivity index (χ1) is 40.6. The van der Waals surface area contributed by atoms with Gasteiger partial charge in [0, 0.05) is 6.08 Å². The summed E-state index contributed by atoms with van der Waals surface area (Å²) in [5.74, 6) is 2.77. The van der Waals surface area contributed by atoms with Gasteiger partial charge in [0.25, 0.3) is 0 Å². The van der Waals surface area contributed by atoms with Crippen molar-refractivity contribution in [1.82, 2.24) is 0 Å². The van der Waals surface area contributed by atoms with Crippen LogP contribution in [0.25, 0.3) is 6.08 Å². The maximum absolute atomic E-state index is 13.9. The summed E-state index contributed by atoms with van der Waals surface area (Å²) in [6, 6.07) is 0. The summed E-state index contributed by atoms with van der Waals surface area (Å²) in [5, 5.41) is 0. The van der Waals surface area contributed by atoms with Crippen LogP contribution in [0.3, 0.4) is 0 Å². The van der Waals surface area contributed by atoms with Crippen LogP contribution in [0.2, 0.25) is 0 Å². The van der Waals surface area contributed by atoms with Gasteiger partial charge in [0.05, 0.1) is 38.6 Å². The molecule has 0 amide bonds. The zero-order valence-corrected chi connectivity index (χ0v) is 55.5. The molecule has 480 valence electrons. The van der Waals surface area contributed by atoms with Crippen LogP contribution in [-0.4, -0.2) is 45.1 Å². The Bertz CT molecular complexity index is 1470. The third-order valence-corrected chi connectivity index (χ3v) is 17.3. The molecule has 0 aliphatic heterocycles. The Balaban J connectivity index is 2.61. The van der Waals surface area contributed by atoms with Gasteiger partial charge >= 0.3 is 5.97 Å². The lowest BCUT2D eigenvalue weighted by Crippen LogP contribution is -2.19. The Morgan fingerprint density at radius 1 is 0.293 bits per heavy atom. The third-order valence-electron chi connectivity index (χ3n) is 17.3. The van der Waals surface area contributed by atoms with Gasteiger partial charge in [0.2, 0.25) is 17.2 Å². The van der Waals surface area contributed by atoms with Crippen molar-refractivity contribution in [3.63, 3.8) is 0 Å². The minimum Gasteiger partial charge on any atom is -0.489 e. The Morgan fingerprint density at radius 3 is 0.744 bits per heavy atom. The smallest absolute Gasteiger partial charge is 0.331 e. The fourth-order valence-electron chi connectivity index (χ4n) is 11.8. The maximum Gasteiger partial charge on any atom is 0.331 e. The van der Waals surface area contributed by atoms with Crippen molar-refractivity contribution in [2.24, 2.45) is 0 Å². The molecule has 0 aromatic heterocycles. The monoisotopic (exact) mass is 1150 g/mol. The number of hydrogen-bond acceptors (Lipinski definition) is 7. The topological polar surface area (TPSA) is 72.5 Å². The average Bonchev–Trinajstić information content (AvgIpc) is 3.08. The lowest BCUT2D eigenvalue weighted by Gasteiger charge is -2.25. The third kappa shape index (κ3) is 42.3. The summed E-state index contributed by atoms with van der Waals surface area (Å²) < 4.78 is 41.6. The normalized spacial score (nSPS) is 12.9. The van der Waals surface area contributed by atoms with E-state index in [4.69, 9.17) is 28.4 Å². The molecule has 7 nitrogen and oxygen atoms in total. The highest BCUT2D eigenvalue weighted by Gasteiger charge is 2.30. The molecule has 7 heteroatoms. The van der Waals surface area contributed by atoms with Crippen molar-refractivity contribution in [2.75, 3.05) is 33.0 Å². The van der Waals surface area contributed by atoms with Crippen LogP contribution in [0.1, 0.15) is 393 Å². The summed E-state index contributed by atoms with van der Waals surface area (Å²) in [6.07, 6.45) is 71.8. The Hall–Kier alpha value is -2.57. The second-order valence-corrected chi connectivity index (χ2v) is 25.2. The van der Waals surface area contributed by atoms with E-state index in [0.717, 1.165) is 89.9 Å². The molecule has 1 aromatic carbocycles. The van der Waals surface area contributed by atoms with Crippen molar-refractivity contribution in [2.45, 2.75) is 394 Å². The Kier molecular flexibility index (Phi) is 54.2. The molecule has 2 rings (SSSR count). The molecule has 1 aromatic rings. The molecule has 1 fully saturated rings. The van der Waals surface area contributed by atoms with Crippen molar-refractivity contribution in [3.05, 3.63) is 11.6 Å². The van der Waals surface area contributed by atoms with E-state index in [9.17, 15) is 4.79 Å². The molecule has 0 heterocycles. The number of benzene rings is 1. The van der Waals surface area contributed by atoms with Crippen molar-refractivity contribution in [3.8, 4) is 28.7 Å². The van der Waals surface area contributed by atoms with Crippen LogP contribution in [0.4, 0.5) is 0 Å². The van der Waals surface area contributed by atoms with Crippen LogP contribution in [0.15, 0.2) is 6.08 Å². The molecule has 1 aliphatic carbocycles. The van der Waals surface area contributed by atoms with E-state index >= 15 is 0 Å². The van der Waals surface area contributed by atoms with Gasteiger partial charge < -0.3 is 28.4 Å². The van der Waals surface area contributed by atoms with E-state index in [2.05, 4.69) is 34.6 Å². The second-order valence-electron chi connectivity index (χ2n) is 25.2. The van der Waals surface area contributed by atoms with E-state index in [0.29, 0.717) is 67.3 Å². The van der Waals surface area contributed by atoms with Gasteiger partial charge in [-0.25, -0.2) is 4.79 Å². The quantitative estimate of drug-likeness (QED) is 0.0366. The first-order valence-electron chi connectivity index (χ1n) is 36.9. The molecule has 1 saturated carbocycles. The summed E-state index contributed by atoms with van der Waals surface area (Å²) in [4.78, 5) is 13.9. The molecule has 0 unspecified atom stereocenters. The zero-order chi connectivity index (χ0) is 58.7. The number of esters is 1. The molecule has 1 aliphatic rings. The molecule has 0 spiro atoms. The number of unbranched alkanes of at least 4 members (excludes halogenated alkanes) is 45. The molecule has 0 N–H and O–H groups in total. The highest BCUT2D eigenvalue weighted by molar-refractivity contribution is 5.90. The second kappa shape index (κ2) is 58.8. The number of ether oxygens (including phenoxy) is 6. The molecular weight excluding hydrogens is 1010 g/mol. The van der Waals surface area contributed by atoms with E-state index in [1.807, 2.05) is 6.08 Å². The van der Waals surface area contributed by atoms with E-state index < -0.39 is 0 Å². The van der Waals surface area contributed by atoms with E-state index in [1.165, 1.54) is 263 Å². The van der Waals surface area contributed by atoms with Crippen molar-refractivity contribution < 1.29 is 33.2 Å². The van der Waals surface area contributed by atoms with E-state index in [1.54, 1.807) is 6.08 Å². The lowest BCUT2D eigenvalue weighted by molar-refractivity contribution is -0.144. The van der Waals surface area contributed by atoms with Crippen LogP contribution < -0.4 is 23.7 Å². The number of rotatable bonds is 63. The highest BCUT2D eigenvalue weighted by atomic mass is 16.6. The van der Waals surface area contributed by atoms with Gasteiger partial charge in [0.1, 0.15) is 6.10 Å². The molecule has 0 radical (unpaired) electrons. The number of hydrogen-bond donors (Lipinski definition) is 0. The van der Waals surface area contributed by atoms with Gasteiger partial charge in [-0.2, -0.15) is 0 Å². The van der Waals surface area contributed by atoms with Crippen LogP contribution >= 0.6 is 0 Å². The molecule has 0 saturated heterocycles. The minimum atomic E-state index is -0.310. The lowest BCUT2D eigenvalue weighted by atomic mass is 9.98. The zero-order valence-electron chi connectivity index (χ0n) is 55.5. The summed E-state index contributed by atoms with van der Waals surface area (Å²) in [7, 11) is 0. The van der Waals surface area contributed by atoms with Crippen molar-refractivity contribution >= 4 is 12.0 Å².